The van der Waals surface area contributed by atoms with E-state index in [1.54, 1.807) is 0 Å². The summed E-state index contributed by atoms with van der Waals surface area (Å²) in [6.07, 6.45) is -4.74. The molecule has 0 aliphatic rings. The van der Waals surface area contributed by atoms with Gasteiger partial charge in [-0.05, 0) is 29.8 Å². The van der Waals surface area contributed by atoms with Crippen LogP contribution in [0.3, 0.4) is 0 Å². The first-order chi connectivity index (χ1) is 9.79. The minimum Gasteiger partial charge on any atom is -0.378 e. The number of anilines is 1. The van der Waals surface area contributed by atoms with Crippen molar-refractivity contribution in [3.8, 4) is 0 Å². The number of rotatable bonds is 3. The molecule has 2 aromatic carbocycles. The summed E-state index contributed by atoms with van der Waals surface area (Å²) in [7, 11) is 0. The number of halogens is 6. The van der Waals surface area contributed by atoms with E-state index in [1.165, 1.54) is 12.1 Å². The van der Waals surface area contributed by atoms with Gasteiger partial charge in [0, 0.05) is 6.54 Å². The van der Waals surface area contributed by atoms with Gasteiger partial charge in [-0.2, -0.15) is 13.2 Å². The molecule has 0 spiro atoms. The summed E-state index contributed by atoms with van der Waals surface area (Å²) < 4.78 is 77.6. The molecule has 1 N–H and O–H groups in total. The SMILES string of the molecule is Fc1ccc(CNc2cccc(F)c2F)c(C(F)(F)F)c1. The maximum absolute atomic E-state index is 13.4. The number of benzene rings is 2. The molecule has 0 bridgehead atoms. The highest BCUT2D eigenvalue weighted by molar-refractivity contribution is 5.46. The van der Waals surface area contributed by atoms with Gasteiger partial charge >= 0.3 is 6.18 Å². The first-order valence-electron chi connectivity index (χ1n) is 5.82. The van der Waals surface area contributed by atoms with Crippen LogP contribution in [0.15, 0.2) is 36.4 Å². The van der Waals surface area contributed by atoms with Crippen LogP contribution < -0.4 is 5.32 Å². The third kappa shape index (κ3) is 3.48. The fraction of sp³-hybridized carbons (Fsp3) is 0.143. The van der Waals surface area contributed by atoms with Gasteiger partial charge in [-0.1, -0.05) is 12.1 Å². The van der Waals surface area contributed by atoms with Crippen molar-refractivity contribution in [3.05, 3.63) is 65.0 Å². The molecule has 0 atom stereocenters. The Balaban J connectivity index is 2.26. The topological polar surface area (TPSA) is 12.0 Å². The molecule has 112 valence electrons. The van der Waals surface area contributed by atoms with Gasteiger partial charge in [-0.15, -0.1) is 0 Å². The summed E-state index contributed by atoms with van der Waals surface area (Å²) in [5.41, 5.74) is -1.70. The Kier molecular flexibility index (Phi) is 4.11. The molecule has 7 heteroatoms. The lowest BCUT2D eigenvalue weighted by molar-refractivity contribution is -0.138. The summed E-state index contributed by atoms with van der Waals surface area (Å²) in [6, 6.07) is 5.47. The van der Waals surface area contributed by atoms with E-state index in [0.717, 1.165) is 18.2 Å². The first kappa shape index (κ1) is 15.2. The highest BCUT2D eigenvalue weighted by atomic mass is 19.4. The molecule has 2 rings (SSSR count). The summed E-state index contributed by atoms with van der Waals surface area (Å²) in [4.78, 5) is 0. The van der Waals surface area contributed by atoms with E-state index in [0.29, 0.717) is 6.07 Å². The van der Waals surface area contributed by atoms with E-state index in [-0.39, 0.29) is 11.3 Å². The second-order valence-electron chi connectivity index (χ2n) is 4.25. The molecule has 0 unspecified atom stereocenters. The lowest BCUT2D eigenvalue weighted by atomic mass is 10.1. The van der Waals surface area contributed by atoms with E-state index in [4.69, 9.17) is 0 Å². The molecular weight excluding hydrogens is 296 g/mol. The summed E-state index contributed by atoms with van der Waals surface area (Å²) in [6.45, 7) is -0.421. The average Bonchev–Trinajstić information content (AvgIpc) is 2.40. The van der Waals surface area contributed by atoms with Crippen molar-refractivity contribution in [2.45, 2.75) is 12.7 Å². The monoisotopic (exact) mass is 305 g/mol. The zero-order valence-electron chi connectivity index (χ0n) is 10.4. The molecule has 0 fully saturated rings. The average molecular weight is 305 g/mol. The van der Waals surface area contributed by atoms with Crippen molar-refractivity contribution in [2.24, 2.45) is 0 Å². The molecule has 0 aliphatic carbocycles. The Morgan fingerprint density at radius 3 is 2.33 bits per heavy atom. The third-order valence-corrected chi connectivity index (χ3v) is 2.80. The Hall–Kier alpha value is -2.18. The highest BCUT2D eigenvalue weighted by Gasteiger charge is 2.33. The van der Waals surface area contributed by atoms with Gasteiger partial charge in [0.15, 0.2) is 11.6 Å². The molecule has 0 aliphatic heterocycles. The van der Waals surface area contributed by atoms with Crippen molar-refractivity contribution in [3.63, 3.8) is 0 Å². The van der Waals surface area contributed by atoms with Gasteiger partial charge in [0.25, 0.3) is 0 Å². The molecule has 1 nitrogen and oxygen atoms in total. The van der Waals surface area contributed by atoms with E-state index >= 15 is 0 Å². The maximum Gasteiger partial charge on any atom is 0.416 e. The van der Waals surface area contributed by atoms with Crippen molar-refractivity contribution >= 4 is 5.69 Å². The fourth-order valence-electron chi connectivity index (χ4n) is 1.80. The van der Waals surface area contributed by atoms with Crippen LogP contribution in [0.2, 0.25) is 0 Å². The van der Waals surface area contributed by atoms with Crippen molar-refractivity contribution in [1.82, 2.24) is 0 Å². The maximum atomic E-state index is 13.4. The highest BCUT2D eigenvalue weighted by Crippen LogP contribution is 2.33. The van der Waals surface area contributed by atoms with Crippen LogP contribution in [0, 0.1) is 17.5 Å². The molecule has 0 saturated heterocycles. The van der Waals surface area contributed by atoms with Crippen LogP contribution in [0.1, 0.15) is 11.1 Å². The predicted octanol–water partition coefficient (Wildman–Crippen LogP) is 4.73. The van der Waals surface area contributed by atoms with E-state index in [1.807, 2.05) is 0 Å². The van der Waals surface area contributed by atoms with Crippen LogP contribution in [-0.4, -0.2) is 0 Å². The number of nitrogens with one attached hydrogen (secondary N) is 1. The Morgan fingerprint density at radius 2 is 1.67 bits per heavy atom. The predicted molar refractivity (Wildman–Crippen MR) is 65.1 cm³/mol. The van der Waals surface area contributed by atoms with Gasteiger partial charge in [0.2, 0.25) is 0 Å². The molecule has 0 saturated carbocycles. The largest absolute Gasteiger partial charge is 0.416 e. The van der Waals surface area contributed by atoms with Crippen molar-refractivity contribution < 1.29 is 26.3 Å². The standard InChI is InChI=1S/C14H9F6N/c15-9-5-4-8(10(6-9)14(18,19)20)7-21-12-3-1-2-11(16)13(12)17/h1-6,21H,7H2. The van der Waals surface area contributed by atoms with E-state index < -0.39 is 35.7 Å². The van der Waals surface area contributed by atoms with E-state index in [9.17, 15) is 26.3 Å². The van der Waals surface area contributed by atoms with Crippen molar-refractivity contribution in [2.75, 3.05) is 5.32 Å². The first-order valence-corrected chi connectivity index (χ1v) is 5.82. The van der Waals surface area contributed by atoms with Crippen molar-refractivity contribution in [1.29, 1.82) is 0 Å². The minimum atomic E-state index is -4.74. The Morgan fingerprint density at radius 1 is 0.952 bits per heavy atom. The smallest absolute Gasteiger partial charge is 0.378 e. The second-order valence-corrected chi connectivity index (χ2v) is 4.25. The van der Waals surface area contributed by atoms with Gasteiger partial charge in [0.05, 0.1) is 11.3 Å². The van der Waals surface area contributed by atoms with Crippen LogP contribution in [0.4, 0.5) is 32.0 Å². The zero-order valence-corrected chi connectivity index (χ0v) is 10.4. The van der Waals surface area contributed by atoms with Gasteiger partial charge in [-0.25, -0.2) is 13.2 Å². The number of alkyl halides is 3. The van der Waals surface area contributed by atoms with Crippen LogP contribution >= 0.6 is 0 Å². The molecule has 21 heavy (non-hydrogen) atoms. The zero-order chi connectivity index (χ0) is 15.6. The van der Waals surface area contributed by atoms with Crippen LogP contribution in [-0.2, 0) is 12.7 Å². The number of hydrogen-bond donors (Lipinski definition) is 1. The lowest BCUT2D eigenvalue weighted by Gasteiger charge is -2.14. The second kappa shape index (κ2) is 5.67. The molecule has 0 heterocycles. The van der Waals surface area contributed by atoms with Crippen LogP contribution in [0.5, 0.6) is 0 Å². The normalized spacial score (nSPS) is 11.5. The van der Waals surface area contributed by atoms with Gasteiger partial charge in [0.1, 0.15) is 5.82 Å². The molecular formula is C14H9F6N. The quantitative estimate of drug-likeness (QED) is 0.808. The molecule has 0 aromatic heterocycles. The van der Waals surface area contributed by atoms with E-state index in [2.05, 4.69) is 5.32 Å². The Labute approximate surface area is 116 Å². The summed E-state index contributed by atoms with van der Waals surface area (Å²) >= 11 is 0. The molecule has 0 radical (unpaired) electrons. The minimum absolute atomic E-state index is 0.271. The van der Waals surface area contributed by atoms with Crippen LogP contribution in [0.25, 0.3) is 0 Å². The fourth-order valence-corrected chi connectivity index (χ4v) is 1.80. The van der Waals surface area contributed by atoms with Gasteiger partial charge in [-0.3, -0.25) is 0 Å². The lowest BCUT2D eigenvalue weighted by Crippen LogP contribution is -2.13. The summed E-state index contributed by atoms with van der Waals surface area (Å²) in [5.74, 6) is -3.33. The third-order valence-electron chi connectivity index (χ3n) is 2.80. The van der Waals surface area contributed by atoms with Gasteiger partial charge < -0.3 is 5.32 Å². The molecule has 2 aromatic rings. The molecule has 0 amide bonds. The number of hydrogen-bond acceptors (Lipinski definition) is 1. The summed E-state index contributed by atoms with van der Waals surface area (Å²) in [5, 5.41) is 2.36. The Bertz CT molecular complexity index is 650.